The largest absolute Gasteiger partial charge is 0.381 e. The average Bonchev–Trinajstić information content (AvgIpc) is 2.84. The van der Waals surface area contributed by atoms with Gasteiger partial charge < -0.3 is 20.1 Å². The van der Waals surface area contributed by atoms with Crippen LogP contribution in [0.5, 0.6) is 0 Å². The first-order valence-corrected chi connectivity index (χ1v) is 5.83. The number of pyridine rings is 1. The Bertz CT molecular complexity index is 471. The minimum Gasteiger partial charge on any atom is -0.381 e. The maximum atomic E-state index is 13.8. The number of nitrogens with two attached hydrogens (primary N) is 1. The standard InChI is InChI=1S/C12H16FN3O3/c1-18-8-5-16(6-9(8)19-2)12(17)7-3-4-15-11(14)10(7)13/h3-4,8-9H,5-6H2,1-2H3,(H2,14,15). The summed E-state index contributed by atoms with van der Waals surface area (Å²) >= 11 is 0. The lowest BCUT2D eigenvalue weighted by atomic mass is 10.2. The van der Waals surface area contributed by atoms with E-state index in [0.29, 0.717) is 13.1 Å². The smallest absolute Gasteiger partial charge is 0.257 e. The Morgan fingerprint density at radius 2 is 2.00 bits per heavy atom. The fraction of sp³-hybridized carbons (Fsp3) is 0.500. The number of amides is 1. The Kier molecular flexibility index (Phi) is 3.96. The first-order valence-electron chi connectivity index (χ1n) is 5.83. The summed E-state index contributed by atoms with van der Waals surface area (Å²) in [6.07, 6.45) is 0.885. The summed E-state index contributed by atoms with van der Waals surface area (Å²) in [5.41, 5.74) is 5.27. The second-order valence-electron chi connectivity index (χ2n) is 4.32. The highest BCUT2D eigenvalue weighted by molar-refractivity contribution is 5.95. The van der Waals surface area contributed by atoms with Gasteiger partial charge in [0.05, 0.1) is 5.56 Å². The highest BCUT2D eigenvalue weighted by Gasteiger charge is 2.36. The minimum atomic E-state index is -0.790. The van der Waals surface area contributed by atoms with Crippen LogP contribution in [-0.2, 0) is 9.47 Å². The van der Waals surface area contributed by atoms with E-state index in [1.165, 1.54) is 17.2 Å². The molecule has 6 nitrogen and oxygen atoms in total. The number of halogens is 1. The number of rotatable bonds is 3. The molecular weight excluding hydrogens is 253 g/mol. The third kappa shape index (κ3) is 2.52. The maximum Gasteiger partial charge on any atom is 0.257 e. The van der Waals surface area contributed by atoms with E-state index in [2.05, 4.69) is 4.98 Å². The van der Waals surface area contributed by atoms with Crippen molar-refractivity contribution in [2.75, 3.05) is 33.0 Å². The lowest BCUT2D eigenvalue weighted by Gasteiger charge is -2.16. The number of carbonyl (C=O) groups is 1. The van der Waals surface area contributed by atoms with Crippen molar-refractivity contribution in [1.29, 1.82) is 0 Å². The molecule has 0 bridgehead atoms. The third-order valence-electron chi connectivity index (χ3n) is 3.25. The second kappa shape index (κ2) is 5.50. The Labute approximate surface area is 110 Å². The monoisotopic (exact) mass is 269 g/mol. The van der Waals surface area contributed by atoms with E-state index in [9.17, 15) is 9.18 Å². The molecule has 2 heterocycles. The molecule has 1 aliphatic rings. The number of nitrogen functional groups attached to an aromatic ring is 1. The molecular formula is C12H16FN3O3. The predicted octanol–water partition coefficient (Wildman–Crippen LogP) is 0.289. The zero-order chi connectivity index (χ0) is 14.0. The molecule has 0 aromatic carbocycles. The number of nitrogens with zero attached hydrogens (tertiary/aromatic N) is 2. The molecule has 2 unspecified atom stereocenters. The van der Waals surface area contributed by atoms with Crippen LogP contribution in [0.25, 0.3) is 0 Å². The summed E-state index contributed by atoms with van der Waals surface area (Å²) in [6.45, 7) is 0.713. The summed E-state index contributed by atoms with van der Waals surface area (Å²) < 4.78 is 24.2. The fourth-order valence-electron chi connectivity index (χ4n) is 2.16. The van der Waals surface area contributed by atoms with Gasteiger partial charge in [-0.3, -0.25) is 4.79 Å². The van der Waals surface area contributed by atoms with Gasteiger partial charge in [-0.1, -0.05) is 0 Å². The van der Waals surface area contributed by atoms with Gasteiger partial charge in [-0.25, -0.2) is 9.37 Å². The first kappa shape index (κ1) is 13.7. The molecule has 0 aliphatic carbocycles. The highest BCUT2D eigenvalue weighted by Crippen LogP contribution is 2.20. The zero-order valence-electron chi connectivity index (χ0n) is 10.8. The number of methoxy groups -OCH3 is 2. The van der Waals surface area contributed by atoms with Gasteiger partial charge in [-0.15, -0.1) is 0 Å². The van der Waals surface area contributed by atoms with Crippen molar-refractivity contribution in [1.82, 2.24) is 9.88 Å². The SMILES string of the molecule is COC1CN(C(=O)c2ccnc(N)c2F)CC1OC. The Hall–Kier alpha value is -1.73. The lowest BCUT2D eigenvalue weighted by molar-refractivity contribution is -0.00461. The molecule has 7 heteroatoms. The minimum absolute atomic E-state index is 0.0842. The van der Waals surface area contributed by atoms with Gasteiger partial charge in [0.25, 0.3) is 5.91 Å². The van der Waals surface area contributed by atoms with E-state index in [0.717, 1.165) is 0 Å². The van der Waals surface area contributed by atoms with Gasteiger partial charge in [0, 0.05) is 33.5 Å². The molecule has 1 aromatic heterocycles. The molecule has 19 heavy (non-hydrogen) atoms. The van der Waals surface area contributed by atoms with Crippen molar-refractivity contribution < 1.29 is 18.7 Å². The van der Waals surface area contributed by atoms with Crippen LogP contribution in [0.15, 0.2) is 12.3 Å². The molecule has 1 fully saturated rings. The van der Waals surface area contributed by atoms with Crippen molar-refractivity contribution in [3.8, 4) is 0 Å². The van der Waals surface area contributed by atoms with Crippen molar-refractivity contribution in [2.24, 2.45) is 0 Å². The number of anilines is 1. The van der Waals surface area contributed by atoms with Crippen molar-refractivity contribution in [3.05, 3.63) is 23.6 Å². The van der Waals surface area contributed by atoms with E-state index in [1.54, 1.807) is 14.2 Å². The second-order valence-corrected chi connectivity index (χ2v) is 4.32. The van der Waals surface area contributed by atoms with Gasteiger partial charge in [-0.05, 0) is 6.07 Å². The van der Waals surface area contributed by atoms with Crippen molar-refractivity contribution in [2.45, 2.75) is 12.2 Å². The van der Waals surface area contributed by atoms with Crippen LogP contribution < -0.4 is 5.73 Å². The predicted molar refractivity (Wildman–Crippen MR) is 66.1 cm³/mol. The Morgan fingerprint density at radius 3 is 2.53 bits per heavy atom. The normalized spacial score (nSPS) is 22.8. The fourth-order valence-corrected chi connectivity index (χ4v) is 2.16. The molecule has 2 atom stereocenters. The highest BCUT2D eigenvalue weighted by atomic mass is 19.1. The van der Waals surface area contributed by atoms with Gasteiger partial charge in [0.2, 0.25) is 0 Å². The third-order valence-corrected chi connectivity index (χ3v) is 3.25. The summed E-state index contributed by atoms with van der Waals surface area (Å²) in [5.74, 6) is -1.51. The quantitative estimate of drug-likeness (QED) is 0.853. The molecule has 104 valence electrons. The van der Waals surface area contributed by atoms with Crippen LogP contribution in [0, 0.1) is 5.82 Å². The molecule has 1 aromatic rings. The first-order chi connectivity index (χ1) is 9.08. The summed E-state index contributed by atoms with van der Waals surface area (Å²) in [6, 6.07) is 1.32. The molecule has 2 rings (SSSR count). The molecule has 1 amide bonds. The van der Waals surface area contributed by atoms with Crippen LogP contribution in [0.1, 0.15) is 10.4 Å². The number of hydrogen-bond donors (Lipinski definition) is 1. The number of carbonyl (C=O) groups excluding carboxylic acids is 1. The van der Waals surface area contributed by atoms with Crippen LogP contribution in [-0.4, -0.2) is 55.3 Å². The molecule has 0 radical (unpaired) electrons. The van der Waals surface area contributed by atoms with Crippen LogP contribution >= 0.6 is 0 Å². The Morgan fingerprint density at radius 1 is 1.42 bits per heavy atom. The number of ether oxygens (including phenoxy) is 2. The van der Waals surface area contributed by atoms with Crippen LogP contribution in [0.2, 0.25) is 0 Å². The summed E-state index contributed by atoms with van der Waals surface area (Å²) in [4.78, 5) is 17.3. The van der Waals surface area contributed by atoms with Crippen LogP contribution in [0.4, 0.5) is 10.2 Å². The Balaban J connectivity index is 2.19. The topological polar surface area (TPSA) is 77.7 Å². The van der Waals surface area contributed by atoms with E-state index >= 15 is 0 Å². The number of likely N-dealkylation sites (tertiary alicyclic amines) is 1. The van der Waals surface area contributed by atoms with Crippen LogP contribution in [0.3, 0.4) is 0 Å². The number of aromatic nitrogens is 1. The molecule has 0 spiro atoms. The van der Waals surface area contributed by atoms with E-state index < -0.39 is 11.7 Å². The molecule has 1 saturated heterocycles. The van der Waals surface area contributed by atoms with Gasteiger partial charge in [0.1, 0.15) is 12.2 Å². The molecule has 0 saturated carbocycles. The molecule has 1 aliphatic heterocycles. The zero-order valence-corrected chi connectivity index (χ0v) is 10.8. The van der Waals surface area contributed by atoms with E-state index in [4.69, 9.17) is 15.2 Å². The van der Waals surface area contributed by atoms with Gasteiger partial charge in [-0.2, -0.15) is 0 Å². The summed E-state index contributed by atoms with van der Waals surface area (Å²) in [7, 11) is 3.10. The van der Waals surface area contributed by atoms with Gasteiger partial charge >= 0.3 is 0 Å². The van der Waals surface area contributed by atoms with E-state index in [-0.39, 0.29) is 23.6 Å². The van der Waals surface area contributed by atoms with E-state index in [1.807, 2.05) is 0 Å². The molecule has 2 N–H and O–H groups in total. The summed E-state index contributed by atoms with van der Waals surface area (Å²) in [5, 5.41) is 0. The maximum absolute atomic E-state index is 13.8. The van der Waals surface area contributed by atoms with Crippen molar-refractivity contribution in [3.63, 3.8) is 0 Å². The lowest BCUT2D eigenvalue weighted by Crippen LogP contribution is -2.31. The average molecular weight is 269 g/mol. The number of hydrogen-bond acceptors (Lipinski definition) is 5. The van der Waals surface area contributed by atoms with Gasteiger partial charge in [0.15, 0.2) is 11.6 Å². The van der Waals surface area contributed by atoms with Crippen molar-refractivity contribution >= 4 is 11.7 Å².